The number of nitrogens with one attached hydrogen (secondary N) is 3. The molecule has 8 nitrogen and oxygen atoms in total. The van der Waals surface area contributed by atoms with E-state index >= 15 is 0 Å². The summed E-state index contributed by atoms with van der Waals surface area (Å²) in [5, 5.41) is 10.9. The van der Waals surface area contributed by atoms with Gasteiger partial charge in [0.05, 0.1) is 18.5 Å². The smallest absolute Gasteiger partial charge is 0.323 e. The van der Waals surface area contributed by atoms with Crippen LogP contribution >= 0.6 is 15.9 Å². The Kier molecular flexibility index (Phi) is 10.4. The van der Waals surface area contributed by atoms with E-state index in [0.717, 1.165) is 26.4 Å². The van der Waals surface area contributed by atoms with E-state index in [9.17, 15) is 4.79 Å². The lowest BCUT2D eigenvalue weighted by molar-refractivity contribution is 0.262. The first-order valence-electron chi connectivity index (χ1n) is 14.2. The van der Waals surface area contributed by atoms with Crippen LogP contribution in [0.4, 0.5) is 22.1 Å². The maximum atomic E-state index is 13.2. The number of aromatic nitrogens is 2. The van der Waals surface area contributed by atoms with Crippen LogP contribution in [0.5, 0.6) is 17.4 Å². The van der Waals surface area contributed by atoms with Crippen LogP contribution in [0.15, 0.2) is 102 Å². The Morgan fingerprint density at radius 2 is 1.70 bits per heavy atom. The molecule has 4 rings (SSSR count). The van der Waals surface area contributed by atoms with Crippen LogP contribution in [-0.2, 0) is 5.41 Å². The Bertz CT molecular complexity index is 1730. The first kappa shape index (κ1) is 32.3. The first-order chi connectivity index (χ1) is 21.0. The predicted octanol–water partition coefficient (Wildman–Crippen LogP) is 9.58. The van der Waals surface area contributed by atoms with Crippen LogP contribution < -0.4 is 25.4 Å². The molecule has 0 fully saturated rings. The van der Waals surface area contributed by atoms with E-state index in [0.29, 0.717) is 34.7 Å². The SMILES string of the molecule is C=C/C=C\C(Br)=C(/C)C(C)Nc1nccc(Oc2ccc(NC(=O)Nc3cc(C(C)(C)C)ccc3OC)c3ccccc23)n1. The van der Waals surface area contributed by atoms with Gasteiger partial charge in [-0.05, 0) is 60.7 Å². The molecule has 4 aromatic rings. The van der Waals surface area contributed by atoms with Crippen LogP contribution in [0.2, 0.25) is 0 Å². The summed E-state index contributed by atoms with van der Waals surface area (Å²) in [6.45, 7) is 14.1. The van der Waals surface area contributed by atoms with Crippen molar-refractivity contribution in [3.8, 4) is 17.4 Å². The summed E-state index contributed by atoms with van der Waals surface area (Å²) in [6, 6.07) is 18.4. The molecule has 0 aliphatic rings. The van der Waals surface area contributed by atoms with Gasteiger partial charge in [0.1, 0.15) is 11.5 Å². The molecule has 0 saturated carbocycles. The molecule has 9 heteroatoms. The number of ether oxygens (including phenoxy) is 2. The van der Waals surface area contributed by atoms with Gasteiger partial charge in [0.25, 0.3) is 0 Å². The second-order valence-corrected chi connectivity index (χ2v) is 12.1. The number of carbonyl (C=O) groups excluding carboxylic acids is 1. The summed E-state index contributed by atoms with van der Waals surface area (Å²) in [7, 11) is 1.58. The van der Waals surface area contributed by atoms with Crippen molar-refractivity contribution in [2.45, 2.75) is 46.1 Å². The second kappa shape index (κ2) is 14.2. The van der Waals surface area contributed by atoms with E-state index in [2.05, 4.69) is 69.2 Å². The molecule has 0 aliphatic heterocycles. The zero-order chi connectivity index (χ0) is 31.9. The fourth-order valence-electron chi connectivity index (χ4n) is 4.39. The minimum atomic E-state index is -0.384. The zero-order valence-electron chi connectivity index (χ0n) is 25.9. The molecule has 0 saturated heterocycles. The van der Waals surface area contributed by atoms with Gasteiger partial charge in [-0.15, -0.1) is 0 Å². The Morgan fingerprint density at radius 3 is 2.41 bits per heavy atom. The maximum Gasteiger partial charge on any atom is 0.323 e. The molecule has 1 atom stereocenters. The van der Waals surface area contributed by atoms with Gasteiger partial charge >= 0.3 is 6.03 Å². The highest BCUT2D eigenvalue weighted by Crippen LogP contribution is 2.35. The van der Waals surface area contributed by atoms with E-state index < -0.39 is 0 Å². The molecule has 0 bridgehead atoms. The number of anilines is 3. The normalized spacial score (nSPS) is 12.8. The molecule has 228 valence electrons. The molecule has 3 N–H and O–H groups in total. The predicted molar refractivity (Wildman–Crippen MR) is 184 cm³/mol. The molecule has 0 aliphatic carbocycles. The van der Waals surface area contributed by atoms with Crippen LogP contribution in [0.1, 0.15) is 40.2 Å². The van der Waals surface area contributed by atoms with Crippen LogP contribution in [0.3, 0.4) is 0 Å². The lowest BCUT2D eigenvalue weighted by Crippen LogP contribution is -2.21. The summed E-state index contributed by atoms with van der Waals surface area (Å²) in [4.78, 5) is 22.1. The van der Waals surface area contributed by atoms with Crippen molar-refractivity contribution in [2.24, 2.45) is 0 Å². The van der Waals surface area contributed by atoms with Crippen LogP contribution in [-0.4, -0.2) is 29.2 Å². The van der Waals surface area contributed by atoms with Crippen molar-refractivity contribution >= 4 is 50.1 Å². The van der Waals surface area contributed by atoms with Gasteiger partial charge in [0, 0.05) is 33.6 Å². The molecule has 1 heterocycles. The molecule has 0 radical (unpaired) electrons. The topological polar surface area (TPSA) is 97.4 Å². The third kappa shape index (κ3) is 8.05. The quantitative estimate of drug-likeness (QED) is 0.147. The van der Waals surface area contributed by atoms with E-state index in [4.69, 9.17) is 9.47 Å². The van der Waals surface area contributed by atoms with E-state index in [1.54, 1.807) is 25.4 Å². The van der Waals surface area contributed by atoms with Crippen molar-refractivity contribution in [3.63, 3.8) is 0 Å². The molecule has 2 amide bonds. The van der Waals surface area contributed by atoms with Gasteiger partial charge in [0.2, 0.25) is 11.8 Å². The number of halogens is 1. The van der Waals surface area contributed by atoms with Gasteiger partial charge in [-0.25, -0.2) is 9.78 Å². The molecular formula is C35H38BrN5O3. The lowest BCUT2D eigenvalue weighted by atomic mass is 9.87. The average molecular weight is 657 g/mol. The molecule has 1 unspecified atom stereocenters. The minimum Gasteiger partial charge on any atom is -0.495 e. The molecular weight excluding hydrogens is 618 g/mol. The molecule has 3 aromatic carbocycles. The molecule has 0 spiro atoms. The Hall–Kier alpha value is -4.63. The summed E-state index contributed by atoms with van der Waals surface area (Å²) < 4.78 is 12.7. The van der Waals surface area contributed by atoms with Crippen LogP contribution in [0.25, 0.3) is 10.8 Å². The highest BCUT2D eigenvalue weighted by atomic mass is 79.9. The molecule has 1 aromatic heterocycles. The van der Waals surface area contributed by atoms with Crippen molar-refractivity contribution in [2.75, 3.05) is 23.1 Å². The Labute approximate surface area is 267 Å². The third-order valence-corrected chi connectivity index (χ3v) is 7.93. The Balaban J connectivity index is 1.53. The van der Waals surface area contributed by atoms with Gasteiger partial charge < -0.3 is 25.4 Å². The summed E-state index contributed by atoms with van der Waals surface area (Å²) in [5.74, 6) is 2.00. The number of nitrogens with zero attached hydrogens (tertiary/aromatic N) is 2. The number of allylic oxidation sites excluding steroid dienone is 4. The van der Waals surface area contributed by atoms with Gasteiger partial charge in [-0.2, -0.15) is 4.98 Å². The van der Waals surface area contributed by atoms with Gasteiger partial charge in [-0.1, -0.05) is 85.8 Å². The van der Waals surface area contributed by atoms with Crippen LogP contribution in [0, 0.1) is 0 Å². The number of methoxy groups -OCH3 is 1. The first-order valence-corrected chi connectivity index (χ1v) is 15.0. The number of carbonyl (C=O) groups is 1. The standard InChI is InChI=1S/C35H38BrN5O3/c1-8-9-14-27(36)22(2)23(3)38-33-37-20-19-32(41-33)44-30-18-16-28(25-12-10-11-13-26(25)30)39-34(42)40-29-21-24(35(4,5)6)15-17-31(29)43-7/h8-21,23H,1H2,2-7H3,(H,37,38,41)(H2,39,40,42)/b14-9-,27-22-. The van der Waals surface area contributed by atoms with Crippen molar-refractivity contribution in [1.82, 2.24) is 9.97 Å². The van der Waals surface area contributed by atoms with Crippen molar-refractivity contribution < 1.29 is 14.3 Å². The highest BCUT2D eigenvalue weighted by molar-refractivity contribution is 9.11. The maximum absolute atomic E-state index is 13.2. The number of rotatable bonds is 10. The van der Waals surface area contributed by atoms with Gasteiger partial charge in [-0.3, -0.25) is 0 Å². The number of hydrogen-bond donors (Lipinski definition) is 3. The number of hydrogen-bond acceptors (Lipinski definition) is 6. The fourth-order valence-corrected chi connectivity index (χ4v) is 4.89. The minimum absolute atomic E-state index is 0.0395. The van der Waals surface area contributed by atoms with E-state index in [1.807, 2.05) is 80.6 Å². The highest BCUT2D eigenvalue weighted by Gasteiger charge is 2.18. The Morgan fingerprint density at radius 1 is 1.00 bits per heavy atom. The number of fused-ring (bicyclic) bond motifs is 1. The zero-order valence-corrected chi connectivity index (χ0v) is 27.5. The summed E-state index contributed by atoms with van der Waals surface area (Å²) in [5.41, 5.74) is 3.30. The van der Waals surface area contributed by atoms with Crippen molar-refractivity contribution in [1.29, 1.82) is 0 Å². The monoisotopic (exact) mass is 655 g/mol. The van der Waals surface area contributed by atoms with Gasteiger partial charge in [0.15, 0.2) is 0 Å². The van der Waals surface area contributed by atoms with E-state index in [-0.39, 0.29) is 17.5 Å². The summed E-state index contributed by atoms with van der Waals surface area (Å²) >= 11 is 3.60. The fraction of sp³-hybridized carbons (Fsp3) is 0.229. The third-order valence-electron chi connectivity index (χ3n) is 7.04. The largest absolute Gasteiger partial charge is 0.495 e. The number of amides is 2. The second-order valence-electron chi connectivity index (χ2n) is 11.2. The van der Waals surface area contributed by atoms with Crippen molar-refractivity contribution in [3.05, 3.63) is 107 Å². The lowest BCUT2D eigenvalue weighted by Gasteiger charge is -2.21. The number of urea groups is 1. The molecule has 44 heavy (non-hydrogen) atoms. The number of benzene rings is 3. The van der Waals surface area contributed by atoms with E-state index in [1.165, 1.54) is 0 Å². The average Bonchev–Trinajstić information content (AvgIpc) is 3.00. The summed E-state index contributed by atoms with van der Waals surface area (Å²) in [6.07, 6.45) is 7.18.